The van der Waals surface area contributed by atoms with Gasteiger partial charge in [-0.15, -0.1) is 0 Å². The Balaban J connectivity index is 1.82. The first kappa shape index (κ1) is 16.8. The molecule has 1 aromatic carbocycles. The Bertz CT molecular complexity index is 501. The highest BCUT2D eigenvalue weighted by Crippen LogP contribution is 2.16. The number of ether oxygens (including phenoxy) is 3. The van der Waals surface area contributed by atoms with E-state index in [9.17, 15) is 4.79 Å². The van der Waals surface area contributed by atoms with Crippen LogP contribution in [0.4, 0.5) is 0 Å². The lowest BCUT2D eigenvalue weighted by Gasteiger charge is -2.31. The quantitative estimate of drug-likeness (QED) is 0.873. The molecule has 122 valence electrons. The Kier molecular flexibility index (Phi) is 6.21. The fourth-order valence-electron chi connectivity index (χ4n) is 2.46. The van der Waals surface area contributed by atoms with Gasteiger partial charge in [-0.25, -0.2) is 0 Å². The number of rotatable bonds is 6. The van der Waals surface area contributed by atoms with Crippen LogP contribution in [0.15, 0.2) is 18.2 Å². The molecule has 1 aromatic rings. The summed E-state index contributed by atoms with van der Waals surface area (Å²) in [6.07, 6.45) is 0.685. The Labute approximate surface area is 131 Å². The minimum Gasteiger partial charge on any atom is -0.484 e. The van der Waals surface area contributed by atoms with Gasteiger partial charge in [-0.2, -0.15) is 0 Å². The predicted octanol–water partition coefficient (Wildman–Crippen LogP) is 1.99. The smallest absolute Gasteiger partial charge is 0.258 e. The number of carbonyl (C=O) groups is 1. The zero-order valence-corrected chi connectivity index (χ0v) is 13.6. The number of amides is 1. The molecule has 0 bridgehead atoms. The lowest BCUT2D eigenvalue weighted by Crippen LogP contribution is -2.51. The molecule has 0 unspecified atom stereocenters. The van der Waals surface area contributed by atoms with Gasteiger partial charge in [0.25, 0.3) is 5.91 Å². The maximum absolute atomic E-state index is 12.1. The van der Waals surface area contributed by atoms with Crippen LogP contribution < -0.4 is 10.1 Å². The van der Waals surface area contributed by atoms with Crippen LogP contribution in [0.3, 0.4) is 0 Å². The van der Waals surface area contributed by atoms with Gasteiger partial charge in [0, 0.05) is 13.2 Å². The van der Waals surface area contributed by atoms with E-state index >= 15 is 0 Å². The SMILES string of the molecule is CCO[C@@H]1COCC[C@H]1NC(=O)COc1ccc(C)c(C)c1. The molecule has 1 amide bonds. The summed E-state index contributed by atoms with van der Waals surface area (Å²) >= 11 is 0. The number of nitrogens with one attached hydrogen (secondary N) is 1. The van der Waals surface area contributed by atoms with E-state index in [0.29, 0.717) is 25.6 Å². The van der Waals surface area contributed by atoms with E-state index in [-0.39, 0.29) is 24.7 Å². The molecule has 1 fully saturated rings. The molecule has 1 aliphatic rings. The molecular formula is C17H25NO4. The highest BCUT2D eigenvalue weighted by atomic mass is 16.5. The lowest BCUT2D eigenvalue weighted by atomic mass is 10.1. The second-order valence-corrected chi connectivity index (χ2v) is 5.57. The minimum absolute atomic E-state index is 0.00967. The monoisotopic (exact) mass is 307 g/mol. The Morgan fingerprint density at radius 3 is 2.91 bits per heavy atom. The van der Waals surface area contributed by atoms with Crippen molar-refractivity contribution in [1.82, 2.24) is 5.32 Å². The van der Waals surface area contributed by atoms with Crippen molar-refractivity contribution in [2.24, 2.45) is 0 Å². The summed E-state index contributed by atoms with van der Waals surface area (Å²) in [6, 6.07) is 5.81. The molecular weight excluding hydrogens is 282 g/mol. The Morgan fingerprint density at radius 2 is 2.18 bits per heavy atom. The van der Waals surface area contributed by atoms with Gasteiger partial charge in [0.15, 0.2) is 6.61 Å². The molecule has 1 aliphatic heterocycles. The molecule has 0 aliphatic carbocycles. The summed E-state index contributed by atoms with van der Waals surface area (Å²) in [4.78, 5) is 12.1. The molecule has 0 radical (unpaired) electrons. The fraction of sp³-hybridized carbons (Fsp3) is 0.588. The number of aryl methyl sites for hydroxylation is 2. The van der Waals surface area contributed by atoms with E-state index in [1.165, 1.54) is 5.56 Å². The highest BCUT2D eigenvalue weighted by Gasteiger charge is 2.27. The van der Waals surface area contributed by atoms with Crippen LogP contribution >= 0.6 is 0 Å². The summed E-state index contributed by atoms with van der Waals surface area (Å²) in [6.45, 7) is 7.81. The second-order valence-electron chi connectivity index (χ2n) is 5.57. The van der Waals surface area contributed by atoms with E-state index in [2.05, 4.69) is 5.32 Å². The summed E-state index contributed by atoms with van der Waals surface area (Å²) in [5.41, 5.74) is 2.36. The first-order valence-electron chi connectivity index (χ1n) is 7.79. The van der Waals surface area contributed by atoms with Gasteiger partial charge < -0.3 is 19.5 Å². The average molecular weight is 307 g/mol. The molecule has 5 heteroatoms. The molecule has 2 atom stereocenters. The largest absolute Gasteiger partial charge is 0.484 e. The third-order valence-electron chi connectivity index (χ3n) is 3.88. The van der Waals surface area contributed by atoms with E-state index in [4.69, 9.17) is 14.2 Å². The van der Waals surface area contributed by atoms with Gasteiger partial charge in [0.2, 0.25) is 0 Å². The Hall–Kier alpha value is -1.59. The van der Waals surface area contributed by atoms with Gasteiger partial charge in [-0.05, 0) is 50.5 Å². The zero-order chi connectivity index (χ0) is 15.9. The first-order chi connectivity index (χ1) is 10.6. The zero-order valence-electron chi connectivity index (χ0n) is 13.6. The van der Waals surface area contributed by atoms with Crippen molar-refractivity contribution >= 4 is 5.91 Å². The van der Waals surface area contributed by atoms with Crippen molar-refractivity contribution in [2.75, 3.05) is 26.4 Å². The third-order valence-corrected chi connectivity index (χ3v) is 3.88. The van der Waals surface area contributed by atoms with E-state index in [1.807, 2.05) is 39.0 Å². The van der Waals surface area contributed by atoms with Crippen LogP contribution in [0.1, 0.15) is 24.5 Å². The molecule has 5 nitrogen and oxygen atoms in total. The number of hydrogen-bond acceptors (Lipinski definition) is 4. The summed E-state index contributed by atoms with van der Waals surface area (Å²) in [5, 5.41) is 2.98. The average Bonchev–Trinajstić information content (AvgIpc) is 2.51. The van der Waals surface area contributed by atoms with Gasteiger partial charge in [-0.3, -0.25) is 4.79 Å². The molecule has 1 heterocycles. The van der Waals surface area contributed by atoms with Crippen LogP contribution in [0, 0.1) is 13.8 Å². The van der Waals surface area contributed by atoms with Crippen molar-refractivity contribution in [2.45, 2.75) is 39.3 Å². The molecule has 1 saturated heterocycles. The van der Waals surface area contributed by atoms with Crippen molar-refractivity contribution in [1.29, 1.82) is 0 Å². The van der Waals surface area contributed by atoms with Crippen molar-refractivity contribution in [3.63, 3.8) is 0 Å². The standard InChI is InChI=1S/C17H25NO4/c1-4-21-16-10-20-8-7-15(16)18-17(19)11-22-14-6-5-12(2)13(3)9-14/h5-6,9,15-16H,4,7-8,10-11H2,1-3H3,(H,18,19)/t15-,16-/m1/s1. The van der Waals surface area contributed by atoms with E-state index < -0.39 is 0 Å². The van der Waals surface area contributed by atoms with E-state index in [0.717, 1.165) is 12.0 Å². The molecule has 1 N–H and O–H groups in total. The molecule has 22 heavy (non-hydrogen) atoms. The lowest BCUT2D eigenvalue weighted by molar-refractivity contribution is -0.127. The van der Waals surface area contributed by atoms with Crippen molar-refractivity contribution in [3.8, 4) is 5.75 Å². The highest BCUT2D eigenvalue weighted by molar-refractivity contribution is 5.77. The van der Waals surface area contributed by atoms with Crippen LogP contribution in [0.2, 0.25) is 0 Å². The van der Waals surface area contributed by atoms with E-state index in [1.54, 1.807) is 0 Å². The van der Waals surface area contributed by atoms with Crippen LogP contribution in [-0.2, 0) is 14.3 Å². The molecule has 0 spiro atoms. The van der Waals surface area contributed by atoms with Crippen LogP contribution in [-0.4, -0.2) is 44.5 Å². The summed E-state index contributed by atoms with van der Waals surface area (Å²) in [7, 11) is 0. The van der Waals surface area contributed by atoms with Crippen molar-refractivity contribution in [3.05, 3.63) is 29.3 Å². The van der Waals surface area contributed by atoms with Gasteiger partial charge in [0.1, 0.15) is 11.9 Å². The summed E-state index contributed by atoms with van der Waals surface area (Å²) in [5.74, 6) is 0.585. The van der Waals surface area contributed by atoms with Gasteiger partial charge >= 0.3 is 0 Å². The first-order valence-corrected chi connectivity index (χ1v) is 7.79. The summed E-state index contributed by atoms with van der Waals surface area (Å²) < 4.78 is 16.6. The van der Waals surface area contributed by atoms with Crippen molar-refractivity contribution < 1.29 is 19.0 Å². The topological polar surface area (TPSA) is 56.8 Å². The molecule has 2 rings (SSSR count). The third kappa shape index (κ3) is 4.71. The normalized spacial score (nSPS) is 21.4. The fourth-order valence-corrected chi connectivity index (χ4v) is 2.46. The van der Waals surface area contributed by atoms with Crippen LogP contribution in [0.25, 0.3) is 0 Å². The number of hydrogen-bond donors (Lipinski definition) is 1. The maximum atomic E-state index is 12.1. The molecule has 0 saturated carbocycles. The Morgan fingerprint density at radius 1 is 1.36 bits per heavy atom. The maximum Gasteiger partial charge on any atom is 0.258 e. The minimum atomic E-state index is -0.130. The van der Waals surface area contributed by atoms with Gasteiger partial charge in [0.05, 0.1) is 12.6 Å². The predicted molar refractivity (Wildman–Crippen MR) is 84.2 cm³/mol. The second kappa shape index (κ2) is 8.15. The molecule has 0 aromatic heterocycles. The van der Waals surface area contributed by atoms with Gasteiger partial charge in [-0.1, -0.05) is 6.07 Å². The van der Waals surface area contributed by atoms with Crippen LogP contribution in [0.5, 0.6) is 5.75 Å². The number of carbonyl (C=O) groups excluding carboxylic acids is 1. The number of benzene rings is 1.